The van der Waals surface area contributed by atoms with Gasteiger partial charge in [-0.1, -0.05) is 6.92 Å². The molecule has 6 heteroatoms. The summed E-state index contributed by atoms with van der Waals surface area (Å²) in [5.74, 6) is -0.388. The lowest BCUT2D eigenvalue weighted by atomic mass is 9.50. The van der Waals surface area contributed by atoms with Gasteiger partial charge in [0.25, 0.3) is 0 Å². The quantitative estimate of drug-likeness (QED) is 0.546. The smallest absolute Gasteiger partial charge is 0.187 e. The number of fused-ring (bicyclic) bond motifs is 2. The number of rotatable bonds is 1. The predicted octanol–water partition coefficient (Wildman–Crippen LogP) is -0.838. The number of carbonyl (C=O) groups excluding carboxylic acids is 1. The third-order valence-electron chi connectivity index (χ3n) is 6.43. The van der Waals surface area contributed by atoms with Crippen LogP contribution >= 0.6 is 0 Å². The van der Waals surface area contributed by atoms with E-state index in [0.717, 1.165) is 0 Å². The van der Waals surface area contributed by atoms with Gasteiger partial charge in [0.15, 0.2) is 5.78 Å². The molecule has 0 aromatic heterocycles. The summed E-state index contributed by atoms with van der Waals surface area (Å²) in [5, 5.41) is 31.1. The molecule has 2 saturated heterocycles. The number of carbonyl (C=O) groups is 1. The molecule has 1 saturated carbocycles. The Hall–Kier alpha value is -0.790. The van der Waals surface area contributed by atoms with Crippen LogP contribution < -0.4 is 0 Å². The molecule has 3 N–H and O–H groups in total. The van der Waals surface area contributed by atoms with E-state index in [9.17, 15) is 20.1 Å². The third-order valence-corrected chi connectivity index (χ3v) is 6.43. The third kappa shape index (κ3) is 1.22. The maximum atomic E-state index is 12.3. The van der Waals surface area contributed by atoms with E-state index in [1.54, 1.807) is 13.0 Å². The van der Waals surface area contributed by atoms with Crippen molar-refractivity contribution in [3.8, 4) is 0 Å². The molecule has 1 spiro atoms. The van der Waals surface area contributed by atoms with Crippen LogP contribution in [-0.2, 0) is 14.3 Å². The van der Waals surface area contributed by atoms with E-state index in [4.69, 9.17) is 9.47 Å². The van der Waals surface area contributed by atoms with E-state index in [1.807, 2.05) is 6.92 Å². The van der Waals surface area contributed by atoms with Crippen LogP contribution in [0, 0.1) is 10.8 Å². The Balaban J connectivity index is 1.95. The number of Topliss-reactive ketones (excluding diaryl/α,β-unsaturated/α-hetero) is 1. The second kappa shape index (κ2) is 3.75. The van der Waals surface area contributed by atoms with Crippen LogP contribution in [-0.4, -0.2) is 64.3 Å². The Morgan fingerprint density at radius 3 is 2.67 bits per heavy atom. The molecular formula is C15H20O6. The second-order valence-corrected chi connectivity index (χ2v) is 7.07. The highest BCUT2D eigenvalue weighted by molar-refractivity contribution is 6.00. The molecule has 4 aliphatic rings. The van der Waals surface area contributed by atoms with Crippen molar-refractivity contribution >= 4 is 5.78 Å². The molecule has 2 heterocycles. The lowest BCUT2D eigenvalue weighted by Gasteiger charge is -2.58. The van der Waals surface area contributed by atoms with Gasteiger partial charge in [0, 0.05) is 5.41 Å². The maximum Gasteiger partial charge on any atom is 0.187 e. The summed E-state index contributed by atoms with van der Waals surface area (Å²) >= 11 is 0. The van der Waals surface area contributed by atoms with E-state index in [0.29, 0.717) is 18.6 Å². The van der Waals surface area contributed by atoms with Gasteiger partial charge in [-0.3, -0.25) is 4.79 Å². The fourth-order valence-electron chi connectivity index (χ4n) is 5.02. The maximum absolute atomic E-state index is 12.3. The summed E-state index contributed by atoms with van der Waals surface area (Å²) in [6.45, 7) is 3.55. The molecule has 0 aromatic carbocycles. The van der Waals surface area contributed by atoms with E-state index in [-0.39, 0.29) is 5.78 Å². The minimum atomic E-state index is -1.35. The summed E-state index contributed by atoms with van der Waals surface area (Å²) in [6, 6.07) is 0. The van der Waals surface area contributed by atoms with Gasteiger partial charge in [-0.25, -0.2) is 0 Å². The Morgan fingerprint density at radius 2 is 2.10 bits per heavy atom. The lowest BCUT2D eigenvalue weighted by molar-refractivity contribution is -0.244. The summed E-state index contributed by atoms with van der Waals surface area (Å²) in [5.41, 5.74) is -2.16. The van der Waals surface area contributed by atoms with Gasteiger partial charge in [-0.05, 0) is 25.0 Å². The summed E-state index contributed by atoms with van der Waals surface area (Å²) < 4.78 is 11.6. The van der Waals surface area contributed by atoms with Gasteiger partial charge in [-0.2, -0.15) is 0 Å². The Morgan fingerprint density at radius 1 is 1.43 bits per heavy atom. The summed E-state index contributed by atoms with van der Waals surface area (Å²) in [7, 11) is 0. The van der Waals surface area contributed by atoms with Crippen molar-refractivity contribution in [2.24, 2.45) is 10.8 Å². The van der Waals surface area contributed by atoms with Gasteiger partial charge in [-0.15, -0.1) is 0 Å². The minimum Gasteiger partial charge on any atom is -0.396 e. The molecule has 0 aromatic rings. The van der Waals surface area contributed by atoms with Crippen LogP contribution in [0.25, 0.3) is 0 Å². The molecule has 0 amide bonds. The lowest BCUT2D eigenvalue weighted by Crippen LogP contribution is -2.70. The van der Waals surface area contributed by atoms with Crippen molar-refractivity contribution in [3.05, 3.63) is 11.6 Å². The molecule has 6 nitrogen and oxygen atoms in total. The molecular weight excluding hydrogens is 276 g/mol. The minimum absolute atomic E-state index is 0.339. The number of hydrogen-bond acceptors (Lipinski definition) is 6. The highest BCUT2D eigenvalue weighted by atomic mass is 16.6. The highest BCUT2D eigenvalue weighted by Gasteiger charge is 2.83. The molecule has 2 aliphatic heterocycles. The van der Waals surface area contributed by atoms with Gasteiger partial charge in [0.2, 0.25) is 0 Å². The van der Waals surface area contributed by atoms with Gasteiger partial charge in [0.1, 0.15) is 17.8 Å². The zero-order valence-electron chi connectivity index (χ0n) is 12.1. The Labute approximate surface area is 122 Å². The summed E-state index contributed by atoms with van der Waals surface area (Å²) in [4.78, 5) is 12.3. The number of epoxide rings is 1. The average molecular weight is 296 g/mol. The standard InChI is InChI=1S/C15H20O6/c1-7-3-9-14(5-16,11(19)10(7)18)13(2)4-8(17)12(21-9)15(13)6-20-15/h3,8-9,11-12,16-17,19H,4-6H2,1-2H3/t8-,9-,11+,12-,13-,14+,15-/m0/s1. The number of aliphatic hydroxyl groups is 3. The molecule has 0 radical (unpaired) electrons. The van der Waals surface area contributed by atoms with Gasteiger partial charge in [0.05, 0.1) is 30.8 Å². The molecule has 21 heavy (non-hydrogen) atoms. The van der Waals surface area contributed by atoms with Crippen LogP contribution in [0.5, 0.6) is 0 Å². The highest BCUT2D eigenvalue weighted by Crippen LogP contribution is 2.70. The van der Waals surface area contributed by atoms with Crippen molar-refractivity contribution < 1.29 is 29.6 Å². The van der Waals surface area contributed by atoms with Gasteiger partial charge < -0.3 is 24.8 Å². The second-order valence-electron chi connectivity index (χ2n) is 7.07. The number of hydrogen-bond donors (Lipinski definition) is 3. The Kier molecular flexibility index (Phi) is 2.47. The largest absolute Gasteiger partial charge is 0.396 e. The fourth-order valence-corrected chi connectivity index (χ4v) is 5.02. The van der Waals surface area contributed by atoms with Crippen LogP contribution in [0.4, 0.5) is 0 Å². The predicted molar refractivity (Wildman–Crippen MR) is 70.4 cm³/mol. The SMILES string of the molecule is CC1=C[C@@H]2O[C@H]3[C@@H](O)C[C@@](C)([C@@]2(CO)[C@H](O)C1=O)[C@]31CO1. The zero-order valence-corrected chi connectivity index (χ0v) is 12.1. The van der Waals surface area contributed by atoms with Gasteiger partial charge >= 0.3 is 0 Å². The first-order chi connectivity index (χ1) is 9.84. The topological polar surface area (TPSA) is 99.5 Å². The number of aliphatic hydroxyl groups excluding tert-OH is 3. The van der Waals surface area contributed by atoms with E-state index < -0.39 is 47.5 Å². The monoisotopic (exact) mass is 296 g/mol. The molecule has 4 rings (SSSR count). The molecule has 2 aliphatic carbocycles. The van der Waals surface area contributed by atoms with Crippen molar-refractivity contribution in [1.29, 1.82) is 0 Å². The fraction of sp³-hybridized carbons (Fsp3) is 0.800. The normalized spacial score (nSPS) is 58.1. The number of ketones is 1. The van der Waals surface area contributed by atoms with Crippen molar-refractivity contribution in [1.82, 2.24) is 0 Å². The first-order valence-corrected chi connectivity index (χ1v) is 7.33. The van der Waals surface area contributed by atoms with Crippen LogP contribution in [0.3, 0.4) is 0 Å². The van der Waals surface area contributed by atoms with Crippen LogP contribution in [0.1, 0.15) is 20.3 Å². The van der Waals surface area contributed by atoms with E-state index in [1.165, 1.54) is 0 Å². The first-order valence-electron chi connectivity index (χ1n) is 7.33. The molecule has 3 fully saturated rings. The molecule has 7 atom stereocenters. The van der Waals surface area contributed by atoms with Crippen LogP contribution in [0.2, 0.25) is 0 Å². The Bertz CT molecular complexity index is 552. The molecule has 116 valence electrons. The van der Waals surface area contributed by atoms with E-state index in [2.05, 4.69) is 0 Å². The zero-order chi connectivity index (χ0) is 15.2. The van der Waals surface area contributed by atoms with Crippen molar-refractivity contribution in [3.63, 3.8) is 0 Å². The molecule has 2 bridgehead atoms. The number of ether oxygens (including phenoxy) is 2. The average Bonchev–Trinajstić information content (AvgIpc) is 3.20. The molecule has 0 unspecified atom stereocenters. The van der Waals surface area contributed by atoms with Crippen LogP contribution in [0.15, 0.2) is 11.6 Å². The first kappa shape index (κ1) is 13.8. The summed E-state index contributed by atoms with van der Waals surface area (Å²) in [6.07, 6.45) is -1.14. The van der Waals surface area contributed by atoms with E-state index >= 15 is 0 Å². The van der Waals surface area contributed by atoms with Crippen molar-refractivity contribution in [2.75, 3.05) is 13.2 Å². The van der Waals surface area contributed by atoms with Crippen molar-refractivity contribution in [2.45, 2.75) is 50.3 Å².